The molecule has 3 rings (SSSR count). The monoisotopic (exact) mass is 344 g/mol. The van der Waals surface area contributed by atoms with Gasteiger partial charge in [-0.05, 0) is 36.8 Å². The van der Waals surface area contributed by atoms with Gasteiger partial charge in [0.25, 0.3) is 0 Å². The van der Waals surface area contributed by atoms with Gasteiger partial charge in [-0.2, -0.15) is 0 Å². The van der Waals surface area contributed by atoms with Gasteiger partial charge in [-0.15, -0.1) is 0 Å². The number of nitrogens with one attached hydrogen (secondary N) is 1. The van der Waals surface area contributed by atoms with Crippen LogP contribution in [-0.2, 0) is 4.79 Å². The molecule has 0 saturated carbocycles. The number of rotatable bonds is 4. The van der Waals surface area contributed by atoms with Gasteiger partial charge in [-0.25, -0.2) is 9.18 Å². The van der Waals surface area contributed by atoms with Crippen molar-refractivity contribution in [1.82, 2.24) is 10.2 Å². The van der Waals surface area contributed by atoms with E-state index in [2.05, 4.69) is 5.32 Å². The van der Waals surface area contributed by atoms with E-state index in [4.69, 9.17) is 0 Å². The van der Waals surface area contributed by atoms with Gasteiger partial charge in [0.2, 0.25) is 5.91 Å². The molecule has 0 bridgehead atoms. The van der Waals surface area contributed by atoms with Crippen LogP contribution in [0.3, 0.4) is 0 Å². The molecule has 0 aliphatic carbocycles. The number of urea groups is 1. The van der Waals surface area contributed by atoms with Crippen LogP contribution >= 0.6 is 11.8 Å². The standard InChI is InChI=1S/C18H17FN2O2S/c1-12(13-5-3-2-4-6-13)20-18(23)21-16(22)11-17(21)24-15-9-7-14(19)8-10-15/h2-10,12,17H,11H2,1H3,(H,20,23)/t12-,17-/m1/s1. The van der Waals surface area contributed by atoms with Crippen molar-refractivity contribution >= 4 is 23.7 Å². The summed E-state index contributed by atoms with van der Waals surface area (Å²) < 4.78 is 13.0. The molecule has 1 saturated heterocycles. The van der Waals surface area contributed by atoms with E-state index in [1.54, 1.807) is 12.1 Å². The van der Waals surface area contributed by atoms with Crippen LogP contribution in [-0.4, -0.2) is 22.2 Å². The molecule has 3 amide bonds. The van der Waals surface area contributed by atoms with E-state index in [0.717, 1.165) is 10.5 Å². The highest BCUT2D eigenvalue weighted by Crippen LogP contribution is 2.35. The molecule has 24 heavy (non-hydrogen) atoms. The number of likely N-dealkylation sites (tertiary alicyclic amines) is 1. The van der Waals surface area contributed by atoms with Crippen LogP contribution in [0.4, 0.5) is 9.18 Å². The van der Waals surface area contributed by atoms with Gasteiger partial charge in [0.15, 0.2) is 0 Å². The van der Waals surface area contributed by atoms with Crippen LogP contribution in [0.15, 0.2) is 59.5 Å². The average molecular weight is 344 g/mol. The van der Waals surface area contributed by atoms with Crippen LogP contribution in [0.25, 0.3) is 0 Å². The molecule has 1 aliphatic heterocycles. The summed E-state index contributed by atoms with van der Waals surface area (Å²) in [4.78, 5) is 26.3. The lowest BCUT2D eigenvalue weighted by Gasteiger charge is -2.38. The zero-order valence-electron chi connectivity index (χ0n) is 13.1. The first kappa shape index (κ1) is 16.5. The van der Waals surface area contributed by atoms with Gasteiger partial charge in [0, 0.05) is 4.90 Å². The Labute approximate surface area is 144 Å². The maximum Gasteiger partial charge on any atom is 0.325 e. The summed E-state index contributed by atoms with van der Waals surface area (Å²) in [5.41, 5.74) is 0.974. The van der Waals surface area contributed by atoms with Gasteiger partial charge in [0.1, 0.15) is 11.2 Å². The first-order valence-corrected chi connectivity index (χ1v) is 8.52. The zero-order valence-corrected chi connectivity index (χ0v) is 13.9. The van der Waals surface area contributed by atoms with Crippen molar-refractivity contribution in [3.63, 3.8) is 0 Å². The quantitative estimate of drug-likeness (QED) is 0.855. The van der Waals surface area contributed by atoms with Crippen LogP contribution in [0.1, 0.15) is 24.9 Å². The summed E-state index contributed by atoms with van der Waals surface area (Å²) in [7, 11) is 0. The fourth-order valence-electron chi connectivity index (χ4n) is 2.48. The zero-order chi connectivity index (χ0) is 17.1. The summed E-state index contributed by atoms with van der Waals surface area (Å²) >= 11 is 1.38. The molecular formula is C18H17FN2O2S. The molecule has 6 heteroatoms. The Hall–Kier alpha value is -2.34. The molecule has 2 aromatic carbocycles. The Morgan fingerprint density at radius 2 is 1.88 bits per heavy atom. The molecule has 0 unspecified atom stereocenters. The first-order chi connectivity index (χ1) is 11.5. The number of imide groups is 1. The average Bonchev–Trinajstić information content (AvgIpc) is 2.56. The number of benzene rings is 2. The minimum absolute atomic E-state index is 0.191. The molecule has 1 heterocycles. The van der Waals surface area contributed by atoms with Gasteiger partial charge in [0.05, 0.1) is 12.5 Å². The van der Waals surface area contributed by atoms with Crippen LogP contribution < -0.4 is 5.32 Å². The molecule has 2 atom stereocenters. The fraction of sp³-hybridized carbons (Fsp3) is 0.222. The van der Waals surface area contributed by atoms with E-state index in [-0.39, 0.29) is 23.1 Å². The molecule has 0 spiro atoms. The van der Waals surface area contributed by atoms with E-state index >= 15 is 0 Å². The number of amides is 3. The molecule has 2 aromatic rings. The first-order valence-electron chi connectivity index (χ1n) is 7.64. The third kappa shape index (κ3) is 3.59. The van der Waals surface area contributed by atoms with Crippen molar-refractivity contribution in [3.8, 4) is 0 Å². The minimum Gasteiger partial charge on any atom is -0.331 e. The lowest BCUT2D eigenvalue weighted by molar-refractivity contribution is -0.137. The number of halogens is 1. The van der Waals surface area contributed by atoms with Crippen LogP contribution in [0.5, 0.6) is 0 Å². The fourth-order valence-corrected chi connectivity index (χ4v) is 3.63. The molecule has 1 N–H and O–H groups in total. The van der Waals surface area contributed by atoms with E-state index in [1.165, 1.54) is 28.8 Å². The molecule has 1 fully saturated rings. The Bertz CT molecular complexity index is 736. The summed E-state index contributed by atoms with van der Waals surface area (Å²) in [5.74, 6) is -0.511. The summed E-state index contributed by atoms with van der Waals surface area (Å²) in [6, 6.07) is 15.0. The maximum atomic E-state index is 13.0. The highest BCUT2D eigenvalue weighted by Gasteiger charge is 2.41. The van der Waals surface area contributed by atoms with Gasteiger partial charge < -0.3 is 5.32 Å². The second kappa shape index (κ2) is 7.05. The molecule has 1 aliphatic rings. The van der Waals surface area contributed by atoms with Crippen molar-refractivity contribution in [2.75, 3.05) is 0 Å². The summed E-state index contributed by atoms with van der Waals surface area (Å²) in [6.45, 7) is 1.87. The van der Waals surface area contributed by atoms with Gasteiger partial charge >= 0.3 is 6.03 Å². The lowest BCUT2D eigenvalue weighted by Crippen LogP contribution is -2.57. The third-order valence-corrected chi connectivity index (χ3v) is 5.04. The Balaban J connectivity index is 1.62. The number of hydrogen-bond acceptors (Lipinski definition) is 3. The Morgan fingerprint density at radius 3 is 2.50 bits per heavy atom. The van der Waals surface area contributed by atoms with Crippen molar-refractivity contribution in [2.45, 2.75) is 29.7 Å². The smallest absolute Gasteiger partial charge is 0.325 e. The molecule has 124 valence electrons. The SMILES string of the molecule is C[C@@H](NC(=O)N1C(=O)C[C@H]1Sc1ccc(F)cc1)c1ccccc1. The number of thioether (sulfide) groups is 1. The van der Waals surface area contributed by atoms with Gasteiger partial charge in [-0.1, -0.05) is 42.1 Å². The van der Waals surface area contributed by atoms with Crippen molar-refractivity contribution < 1.29 is 14.0 Å². The highest BCUT2D eigenvalue weighted by molar-refractivity contribution is 8.00. The van der Waals surface area contributed by atoms with E-state index in [9.17, 15) is 14.0 Å². The largest absolute Gasteiger partial charge is 0.331 e. The Morgan fingerprint density at radius 1 is 1.21 bits per heavy atom. The normalized spacial score (nSPS) is 18.0. The predicted molar refractivity (Wildman–Crippen MR) is 90.9 cm³/mol. The molecular weight excluding hydrogens is 327 g/mol. The van der Waals surface area contributed by atoms with Crippen molar-refractivity contribution in [2.24, 2.45) is 0 Å². The van der Waals surface area contributed by atoms with E-state index < -0.39 is 6.03 Å². The van der Waals surface area contributed by atoms with Crippen LogP contribution in [0.2, 0.25) is 0 Å². The Kier molecular flexibility index (Phi) is 4.85. The second-order valence-electron chi connectivity index (χ2n) is 5.58. The number of β-lactam (4-membered cyclic amide) rings is 1. The summed E-state index contributed by atoms with van der Waals surface area (Å²) in [6.07, 6.45) is 0.301. The van der Waals surface area contributed by atoms with Crippen LogP contribution in [0, 0.1) is 5.82 Å². The number of carbonyl (C=O) groups excluding carboxylic acids is 2. The molecule has 0 aromatic heterocycles. The van der Waals surface area contributed by atoms with Crippen molar-refractivity contribution in [3.05, 3.63) is 66.0 Å². The molecule has 0 radical (unpaired) electrons. The topological polar surface area (TPSA) is 49.4 Å². The third-order valence-electron chi connectivity index (χ3n) is 3.85. The number of hydrogen-bond donors (Lipinski definition) is 1. The number of nitrogens with zero attached hydrogens (tertiary/aromatic N) is 1. The molecule has 4 nitrogen and oxygen atoms in total. The van der Waals surface area contributed by atoms with E-state index in [0.29, 0.717) is 6.42 Å². The summed E-state index contributed by atoms with van der Waals surface area (Å²) in [5, 5.41) is 2.59. The van der Waals surface area contributed by atoms with Gasteiger partial charge in [-0.3, -0.25) is 9.69 Å². The van der Waals surface area contributed by atoms with Crippen molar-refractivity contribution in [1.29, 1.82) is 0 Å². The highest BCUT2D eigenvalue weighted by atomic mass is 32.2. The minimum atomic E-state index is -0.401. The second-order valence-corrected chi connectivity index (χ2v) is 6.83. The maximum absolute atomic E-state index is 13.0. The predicted octanol–water partition coefficient (Wildman–Crippen LogP) is 3.95. The number of carbonyl (C=O) groups is 2. The van der Waals surface area contributed by atoms with E-state index in [1.807, 2.05) is 37.3 Å². The lowest BCUT2D eigenvalue weighted by atomic mass is 10.1.